The minimum atomic E-state index is -2.72. The lowest BCUT2D eigenvalue weighted by molar-refractivity contribution is -0.880. The van der Waals surface area contributed by atoms with Gasteiger partial charge in [-0.1, -0.05) is 12.1 Å². The van der Waals surface area contributed by atoms with Crippen LogP contribution in [0.4, 0.5) is 0 Å². The van der Waals surface area contributed by atoms with Crippen molar-refractivity contribution in [3.05, 3.63) is 46.2 Å². The molecule has 1 aromatic rings. The third kappa shape index (κ3) is 2.48. The van der Waals surface area contributed by atoms with E-state index in [2.05, 4.69) is 0 Å². The van der Waals surface area contributed by atoms with Gasteiger partial charge in [-0.2, -0.15) is 0 Å². The van der Waals surface area contributed by atoms with Crippen LogP contribution in [0.25, 0.3) is 5.76 Å². The lowest BCUT2D eigenvalue weighted by Crippen LogP contribution is -3.13. The molecule has 3 aliphatic carbocycles. The van der Waals surface area contributed by atoms with Crippen LogP contribution in [0.3, 0.4) is 0 Å². The summed E-state index contributed by atoms with van der Waals surface area (Å²) < 4.78 is 0. The fourth-order valence-electron chi connectivity index (χ4n) is 5.60. The van der Waals surface area contributed by atoms with Gasteiger partial charge in [-0.05, 0) is 25.0 Å². The molecule has 0 bridgehead atoms. The number of hydrogen-bond donors (Lipinski definition) is 7. The van der Waals surface area contributed by atoms with Gasteiger partial charge in [0.1, 0.15) is 22.8 Å². The molecule has 10 nitrogen and oxygen atoms in total. The second-order valence-corrected chi connectivity index (χ2v) is 9.11. The van der Waals surface area contributed by atoms with Gasteiger partial charge in [0.25, 0.3) is 5.91 Å². The van der Waals surface area contributed by atoms with Crippen molar-refractivity contribution in [1.29, 1.82) is 0 Å². The number of carbonyl (C=O) groups excluding carboxylic acids is 3. The summed E-state index contributed by atoms with van der Waals surface area (Å²) in [7, 11) is 3.17. The summed E-state index contributed by atoms with van der Waals surface area (Å²) in [5.41, 5.74) is -0.466. The van der Waals surface area contributed by atoms with E-state index in [1.807, 2.05) is 0 Å². The Morgan fingerprint density at radius 2 is 1.78 bits per heavy atom. The molecule has 0 radical (unpaired) electrons. The van der Waals surface area contributed by atoms with Gasteiger partial charge in [0.05, 0.1) is 31.2 Å². The Bertz CT molecular complexity index is 1150. The maximum atomic E-state index is 13.7. The standard InChI is InChI=1S/C22H24N2O8/c1-21(31)8-5-4-6-11(25)12(8)16(26)13-9(21)7-10-15(24(2)3)17(27)14(20(23)30)19(29)22(10,32)18(13)28/h4-6,9-10,15,25-26,29,31-32H,7H2,1-3H3,(H2,23,30)/p+1/t9?,10-,15-,21+,22-/m0/s1. The van der Waals surface area contributed by atoms with Crippen molar-refractivity contribution in [1.82, 2.24) is 0 Å². The number of nitrogens with two attached hydrogens (primary N) is 1. The number of likely N-dealkylation sites (N-methyl/N-ethyl adjacent to an activating group) is 1. The van der Waals surface area contributed by atoms with Crippen molar-refractivity contribution in [3.63, 3.8) is 0 Å². The van der Waals surface area contributed by atoms with Crippen molar-refractivity contribution in [2.24, 2.45) is 17.6 Å². The van der Waals surface area contributed by atoms with E-state index in [0.29, 0.717) is 4.90 Å². The smallest absolute Gasteiger partial charge is 0.256 e. The van der Waals surface area contributed by atoms with Crippen LogP contribution in [-0.2, 0) is 20.0 Å². The number of primary amides is 1. The molecule has 0 aromatic heterocycles. The zero-order valence-corrected chi connectivity index (χ0v) is 17.7. The zero-order chi connectivity index (χ0) is 23.9. The van der Waals surface area contributed by atoms with Gasteiger partial charge >= 0.3 is 0 Å². The van der Waals surface area contributed by atoms with Gasteiger partial charge in [-0.3, -0.25) is 14.4 Å². The predicted octanol–water partition coefficient (Wildman–Crippen LogP) is -1.79. The molecule has 1 amide bonds. The second kappa shape index (κ2) is 6.64. The van der Waals surface area contributed by atoms with Crippen molar-refractivity contribution < 1.29 is 44.8 Å². The molecule has 0 spiro atoms. The molecule has 4 rings (SSSR count). The molecule has 5 atom stereocenters. The highest BCUT2D eigenvalue weighted by molar-refractivity contribution is 6.24. The topological polar surface area (TPSA) is 183 Å². The summed E-state index contributed by atoms with van der Waals surface area (Å²) in [5.74, 6) is -7.76. The van der Waals surface area contributed by atoms with E-state index in [1.165, 1.54) is 25.1 Å². The molecule has 0 saturated heterocycles. The summed E-state index contributed by atoms with van der Waals surface area (Å²) in [6, 6.07) is 3.11. The van der Waals surface area contributed by atoms with Gasteiger partial charge in [0, 0.05) is 11.5 Å². The molecule has 1 saturated carbocycles. The largest absolute Gasteiger partial charge is 0.508 e. The Labute approximate surface area is 182 Å². The van der Waals surface area contributed by atoms with E-state index in [9.17, 15) is 39.9 Å². The monoisotopic (exact) mass is 445 g/mol. The molecule has 1 fully saturated rings. The van der Waals surface area contributed by atoms with E-state index in [-0.39, 0.29) is 23.3 Å². The number of fused-ring (bicyclic) bond motifs is 3. The van der Waals surface area contributed by atoms with Gasteiger partial charge in [0.15, 0.2) is 11.6 Å². The third-order valence-corrected chi connectivity index (χ3v) is 7.12. The van der Waals surface area contributed by atoms with Crippen LogP contribution in [0.15, 0.2) is 35.1 Å². The number of quaternary nitrogens is 1. The van der Waals surface area contributed by atoms with Crippen LogP contribution in [0.5, 0.6) is 5.75 Å². The first-order chi connectivity index (χ1) is 14.8. The summed E-state index contributed by atoms with van der Waals surface area (Å²) in [6.45, 7) is 1.41. The lowest BCUT2D eigenvalue weighted by atomic mass is 9.54. The van der Waals surface area contributed by atoms with E-state index in [4.69, 9.17) is 5.73 Å². The highest BCUT2D eigenvalue weighted by Gasteiger charge is 2.67. The number of nitrogens with one attached hydrogen (secondary N) is 1. The number of aliphatic hydroxyl groups excluding tert-OH is 2. The zero-order valence-electron chi connectivity index (χ0n) is 17.7. The Kier molecular flexibility index (Phi) is 4.57. The summed E-state index contributed by atoms with van der Waals surface area (Å²) in [4.78, 5) is 39.1. The number of aromatic hydroxyl groups is 1. The number of rotatable bonds is 2. The molecule has 10 heteroatoms. The average molecular weight is 445 g/mol. The first-order valence-electron chi connectivity index (χ1n) is 10.1. The SMILES string of the molecule is C[NH+](C)[C@@H]1C(=O)C(C(N)=O)=C(O)[C@@]2(O)C(=O)C3=C(O)c4c(O)cccc4[C@@](C)(O)C3C[C@@H]12. The maximum absolute atomic E-state index is 13.7. The number of hydrogen-bond acceptors (Lipinski definition) is 8. The Hall–Kier alpha value is -3.21. The number of phenolic OH excluding ortho intramolecular Hbond substituents is 1. The number of ketones is 2. The quantitative estimate of drug-likeness (QED) is 0.260. The van der Waals surface area contributed by atoms with Crippen LogP contribution in [-0.4, -0.2) is 68.7 Å². The predicted molar refractivity (Wildman–Crippen MR) is 109 cm³/mol. The Morgan fingerprint density at radius 1 is 1.16 bits per heavy atom. The van der Waals surface area contributed by atoms with Gasteiger partial charge < -0.3 is 36.2 Å². The molecule has 170 valence electrons. The number of phenols is 1. The van der Waals surface area contributed by atoms with E-state index in [0.717, 1.165) is 0 Å². The number of aliphatic hydroxyl groups is 4. The number of amides is 1. The van der Waals surface area contributed by atoms with E-state index >= 15 is 0 Å². The lowest BCUT2D eigenvalue weighted by Gasteiger charge is -2.51. The number of benzene rings is 1. The Balaban J connectivity index is 2.05. The number of carbonyl (C=O) groups is 3. The van der Waals surface area contributed by atoms with Crippen molar-refractivity contribution in [2.75, 3.05) is 14.1 Å². The molecule has 0 heterocycles. The first-order valence-corrected chi connectivity index (χ1v) is 10.1. The van der Waals surface area contributed by atoms with E-state index in [1.54, 1.807) is 14.1 Å². The first kappa shape index (κ1) is 22.0. The minimum absolute atomic E-state index is 0.167. The molecule has 3 aliphatic rings. The molecule has 32 heavy (non-hydrogen) atoms. The minimum Gasteiger partial charge on any atom is -0.508 e. The fraction of sp³-hybridized carbons (Fsp3) is 0.409. The molecule has 0 aliphatic heterocycles. The van der Waals surface area contributed by atoms with Crippen LogP contribution < -0.4 is 10.6 Å². The van der Waals surface area contributed by atoms with Crippen LogP contribution in [0.2, 0.25) is 0 Å². The third-order valence-electron chi connectivity index (χ3n) is 7.12. The van der Waals surface area contributed by atoms with Crippen LogP contribution in [0.1, 0.15) is 24.5 Å². The molecular formula is C22H25N2O8+. The summed E-state index contributed by atoms with van der Waals surface area (Å²) in [5, 5.41) is 54.9. The number of Topliss-reactive ketones (excluding diaryl/α,β-unsaturated/α-hetero) is 2. The molecular weight excluding hydrogens is 420 g/mol. The van der Waals surface area contributed by atoms with Gasteiger partial charge in [-0.15, -0.1) is 0 Å². The van der Waals surface area contributed by atoms with E-state index < -0.39 is 69.2 Å². The molecule has 8 N–H and O–H groups in total. The second-order valence-electron chi connectivity index (χ2n) is 9.11. The fourth-order valence-corrected chi connectivity index (χ4v) is 5.60. The van der Waals surface area contributed by atoms with Crippen LogP contribution >= 0.6 is 0 Å². The van der Waals surface area contributed by atoms with Gasteiger partial charge in [0.2, 0.25) is 11.6 Å². The summed E-state index contributed by atoms with van der Waals surface area (Å²) in [6.07, 6.45) is -0.179. The molecule has 1 aromatic carbocycles. The highest BCUT2D eigenvalue weighted by Crippen LogP contribution is 2.56. The highest BCUT2D eigenvalue weighted by atomic mass is 16.3. The van der Waals surface area contributed by atoms with Gasteiger partial charge in [-0.25, -0.2) is 0 Å². The molecule has 1 unspecified atom stereocenters. The van der Waals surface area contributed by atoms with Crippen molar-refractivity contribution >= 4 is 23.2 Å². The summed E-state index contributed by atoms with van der Waals surface area (Å²) >= 11 is 0. The van der Waals surface area contributed by atoms with Crippen molar-refractivity contribution in [3.8, 4) is 5.75 Å². The maximum Gasteiger partial charge on any atom is 0.256 e. The normalized spacial score (nSPS) is 34.4. The average Bonchev–Trinajstić information content (AvgIpc) is 2.68. The van der Waals surface area contributed by atoms with Crippen LogP contribution in [0, 0.1) is 11.8 Å². The Morgan fingerprint density at radius 3 is 2.34 bits per heavy atom. The van der Waals surface area contributed by atoms with Crippen molar-refractivity contribution in [2.45, 2.75) is 30.6 Å².